The molecule has 0 bridgehead atoms. The van der Waals surface area contributed by atoms with Crippen molar-refractivity contribution in [3.63, 3.8) is 0 Å². The molecule has 0 unspecified atom stereocenters. The summed E-state index contributed by atoms with van der Waals surface area (Å²) in [4.78, 5) is 4.64. The third-order valence-electron chi connectivity index (χ3n) is 5.08. The molecule has 4 aromatic rings. The van der Waals surface area contributed by atoms with Gasteiger partial charge in [-0.2, -0.15) is 5.10 Å². The van der Waals surface area contributed by atoms with E-state index in [0.29, 0.717) is 32.1 Å². The number of fused-ring (bicyclic) bond motifs is 1. The van der Waals surface area contributed by atoms with Crippen LogP contribution in [0.15, 0.2) is 90.0 Å². The summed E-state index contributed by atoms with van der Waals surface area (Å²) in [7, 11) is 0. The van der Waals surface area contributed by atoms with Crippen LogP contribution in [0.4, 0.5) is 0 Å². The lowest BCUT2D eigenvalue weighted by atomic mass is 10.1. The maximum atomic E-state index is 5.87. The number of hydrazone groups is 1. The Morgan fingerprint density at radius 3 is 2.19 bits per heavy atom. The van der Waals surface area contributed by atoms with E-state index < -0.39 is 0 Å². The van der Waals surface area contributed by atoms with Gasteiger partial charge < -0.3 is 21.1 Å². The molecule has 162 valence electrons. The average Bonchev–Trinajstić information content (AvgIpc) is 2.84. The molecule has 0 radical (unpaired) electrons. The highest BCUT2D eigenvalue weighted by Gasteiger charge is 2.02. The zero-order valence-electron chi connectivity index (χ0n) is 17.8. The number of amidine groups is 1. The molecule has 0 amide bonds. The van der Waals surface area contributed by atoms with Crippen LogP contribution in [0.5, 0.6) is 5.75 Å². The zero-order chi connectivity index (χ0) is 22.2. The Balaban J connectivity index is 1.24. The Kier molecular flexibility index (Phi) is 6.94. The monoisotopic (exact) mass is 426 g/mol. The summed E-state index contributed by atoms with van der Waals surface area (Å²) in [5, 5.41) is 4.62. The molecule has 0 aliphatic rings. The number of nitrogens with zero attached hydrogens (tertiary/aromatic N) is 2. The minimum absolute atomic E-state index is 0.399. The van der Waals surface area contributed by atoms with Gasteiger partial charge in [-0.15, -0.1) is 0 Å². The van der Waals surface area contributed by atoms with Crippen LogP contribution in [0.25, 0.3) is 10.9 Å². The molecule has 32 heavy (non-hydrogen) atoms. The van der Waals surface area contributed by atoms with E-state index in [2.05, 4.69) is 46.5 Å². The van der Waals surface area contributed by atoms with E-state index in [-0.39, 0.29) is 0 Å². The first-order valence-corrected chi connectivity index (χ1v) is 10.4. The normalized spacial score (nSPS) is 11.6. The molecule has 6 nitrogen and oxygen atoms in total. The summed E-state index contributed by atoms with van der Waals surface area (Å²) in [6.07, 6.45) is 0.525. The van der Waals surface area contributed by atoms with E-state index in [4.69, 9.17) is 21.1 Å². The summed E-state index contributed by atoms with van der Waals surface area (Å²) in [6, 6.07) is 28.2. The molecule has 4 N–H and O–H groups in total. The van der Waals surface area contributed by atoms with Gasteiger partial charge in [-0.25, -0.2) is 0 Å². The lowest BCUT2D eigenvalue weighted by molar-refractivity contribution is 0.105. The Bertz CT molecular complexity index is 1190. The minimum atomic E-state index is 0.399. The molecule has 0 aliphatic heterocycles. The number of hydrogen-bond donors (Lipinski definition) is 2. The number of benzene rings is 3. The number of ether oxygens (including phenoxy) is 2. The van der Waals surface area contributed by atoms with E-state index >= 15 is 0 Å². The van der Waals surface area contributed by atoms with Crippen LogP contribution in [0, 0.1) is 0 Å². The van der Waals surface area contributed by atoms with E-state index in [1.807, 2.05) is 48.5 Å². The number of pyridine rings is 1. The zero-order valence-corrected chi connectivity index (χ0v) is 17.8. The van der Waals surface area contributed by atoms with Crippen LogP contribution >= 0.6 is 0 Å². The van der Waals surface area contributed by atoms with Crippen molar-refractivity contribution in [3.05, 3.63) is 107 Å². The second kappa shape index (κ2) is 10.4. The number of para-hydroxylation sites is 1. The minimum Gasteiger partial charge on any atom is -0.489 e. The second-order valence-electron chi connectivity index (χ2n) is 7.53. The van der Waals surface area contributed by atoms with Gasteiger partial charge in [0, 0.05) is 11.8 Å². The highest BCUT2D eigenvalue weighted by molar-refractivity contribution is 5.82. The van der Waals surface area contributed by atoms with Gasteiger partial charge in [0.25, 0.3) is 0 Å². The number of nitrogens with two attached hydrogens (primary N) is 2. The van der Waals surface area contributed by atoms with Gasteiger partial charge in [0.2, 0.25) is 0 Å². The van der Waals surface area contributed by atoms with Crippen molar-refractivity contribution in [2.75, 3.05) is 0 Å². The van der Waals surface area contributed by atoms with Crippen molar-refractivity contribution in [3.8, 4) is 5.75 Å². The standard InChI is InChI=1S/C26H26N4O2/c27-26(30-28)15-19-9-13-24(14-10-19)32-17-21-7-5-20(6-8-21)16-31-18-23-12-11-22-3-1-2-4-25(22)29-23/h1-14H,15-18,28H2,(H2,27,30). The molecule has 4 rings (SSSR count). The van der Waals surface area contributed by atoms with Crippen LogP contribution in [0.3, 0.4) is 0 Å². The van der Waals surface area contributed by atoms with Crippen molar-refractivity contribution in [2.45, 2.75) is 26.2 Å². The third-order valence-corrected chi connectivity index (χ3v) is 5.08. The van der Waals surface area contributed by atoms with Gasteiger partial charge in [0.15, 0.2) is 0 Å². The fraction of sp³-hybridized carbons (Fsp3) is 0.154. The van der Waals surface area contributed by atoms with Crippen molar-refractivity contribution >= 4 is 16.7 Å². The van der Waals surface area contributed by atoms with Crippen molar-refractivity contribution in [2.24, 2.45) is 16.7 Å². The summed E-state index contributed by atoms with van der Waals surface area (Å²) >= 11 is 0. The number of hydrogen-bond acceptors (Lipinski definition) is 5. The van der Waals surface area contributed by atoms with Crippen LogP contribution in [-0.2, 0) is 31.0 Å². The SMILES string of the molecule is N/N=C(\N)Cc1ccc(OCc2ccc(COCc3ccc4ccccc4n3)cc2)cc1. The summed E-state index contributed by atoms with van der Waals surface area (Å²) in [5.74, 6) is 6.37. The first-order valence-electron chi connectivity index (χ1n) is 10.4. The topological polar surface area (TPSA) is 95.8 Å². The summed E-state index contributed by atoms with van der Waals surface area (Å²) in [5.41, 5.74) is 10.8. The number of aromatic nitrogens is 1. The van der Waals surface area contributed by atoms with Crippen molar-refractivity contribution < 1.29 is 9.47 Å². The summed E-state index contributed by atoms with van der Waals surface area (Å²) in [6.45, 7) is 1.51. The van der Waals surface area contributed by atoms with Gasteiger partial charge in [-0.3, -0.25) is 4.98 Å². The first kappa shape index (κ1) is 21.3. The molecule has 1 aromatic heterocycles. The maximum absolute atomic E-state index is 5.87. The van der Waals surface area contributed by atoms with Crippen LogP contribution in [0.2, 0.25) is 0 Å². The molecule has 3 aromatic carbocycles. The van der Waals surface area contributed by atoms with Gasteiger partial charge >= 0.3 is 0 Å². The van der Waals surface area contributed by atoms with Crippen LogP contribution in [-0.4, -0.2) is 10.8 Å². The van der Waals surface area contributed by atoms with Gasteiger partial charge in [0.1, 0.15) is 18.2 Å². The highest BCUT2D eigenvalue weighted by Crippen LogP contribution is 2.16. The Morgan fingerprint density at radius 1 is 0.750 bits per heavy atom. The van der Waals surface area contributed by atoms with Gasteiger partial charge in [0.05, 0.1) is 24.4 Å². The summed E-state index contributed by atoms with van der Waals surface area (Å²) < 4.78 is 11.7. The van der Waals surface area contributed by atoms with E-state index in [1.165, 1.54) is 0 Å². The molecule has 0 saturated heterocycles. The Hall–Kier alpha value is -3.90. The average molecular weight is 427 g/mol. The Morgan fingerprint density at radius 2 is 1.44 bits per heavy atom. The predicted octanol–water partition coefficient (Wildman–Crippen LogP) is 4.30. The maximum Gasteiger partial charge on any atom is 0.123 e. The molecule has 1 heterocycles. The van der Waals surface area contributed by atoms with E-state index in [0.717, 1.165) is 39.0 Å². The molecule has 0 fully saturated rings. The molecule has 0 spiro atoms. The molecule has 6 heteroatoms. The van der Waals surface area contributed by atoms with E-state index in [9.17, 15) is 0 Å². The smallest absolute Gasteiger partial charge is 0.123 e. The fourth-order valence-corrected chi connectivity index (χ4v) is 3.32. The molecular weight excluding hydrogens is 400 g/mol. The second-order valence-corrected chi connectivity index (χ2v) is 7.53. The highest BCUT2D eigenvalue weighted by atomic mass is 16.5. The fourth-order valence-electron chi connectivity index (χ4n) is 3.32. The predicted molar refractivity (Wildman–Crippen MR) is 127 cm³/mol. The van der Waals surface area contributed by atoms with Crippen molar-refractivity contribution in [1.29, 1.82) is 0 Å². The lowest BCUT2D eigenvalue weighted by Crippen LogP contribution is -2.16. The molecule has 0 saturated carbocycles. The van der Waals surface area contributed by atoms with E-state index in [1.54, 1.807) is 0 Å². The van der Waals surface area contributed by atoms with Gasteiger partial charge in [-0.05, 0) is 41.0 Å². The van der Waals surface area contributed by atoms with Crippen LogP contribution < -0.4 is 16.3 Å². The quantitative estimate of drug-likeness (QED) is 0.180. The molecule has 0 atom stereocenters. The number of rotatable bonds is 9. The third kappa shape index (κ3) is 5.83. The largest absolute Gasteiger partial charge is 0.489 e. The first-order chi connectivity index (χ1) is 15.7. The van der Waals surface area contributed by atoms with Crippen molar-refractivity contribution in [1.82, 2.24) is 4.98 Å². The lowest BCUT2D eigenvalue weighted by Gasteiger charge is -2.09. The Labute approximate surface area is 187 Å². The van der Waals surface area contributed by atoms with Crippen LogP contribution in [0.1, 0.15) is 22.4 Å². The van der Waals surface area contributed by atoms with Gasteiger partial charge in [-0.1, -0.05) is 60.7 Å². The molecular formula is C26H26N4O2. The molecule has 0 aliphatic carbocycles.